The van der Waals surface area contributed by atoms with Gasteiger partial charge in [0.15, 0.2) is 6.10 Å². The zero-order valence-corrected chi connectivity index (χ0v) is 20.0. The van der Waals surface area contributed by atoms with Crippen LogP contribution in [0.2, 0.25) is 0 Å². The summed E-state index contributed by atoms with van der Waals surface area (Å²) in [7, 11) is -1.34. The van der Waals surface area contributed by atoms with Gasteiger partial charge in [-0.2, -0.15) is 0 Å². The molecular weight excluding hydrogens is 450 g/mol. The van der Waals surface area contributed by atoms with Crippen LogP contribution in [0.25, 0.3) is 0 Å². The fourth-order valence-electron chi connectivity index (χ4n) is 3.55. The van der Waals surface area contributed by atoms with E-state index in [1.165, 1.54) is 24.3 Å². The van der Waals surface area contributed by atoms with Crippen molar-refractivity contribution in [1.82, 2.24) is 0 Å². The van der Waals surface area contributed by atoms with E-state index in [0.717, 1.165) is 36.1 Å². The number of benzene rings is 1. The minimum atomic E-state index is -1.34. The molecular formula is C23H27NO6S2. The van der Waals surface area contributed by atoms with E-state index in [1.54, 1.807) is 32.0 Å². The second-order valence-corrected chi connectivity index (χ2v) is 10.1. The number of aryl methyl sites for hydroxylation is 1. The summed E-state index contributed by atoms with van der Waals surface area (Å²) in [5.41, 5.74) is 1.52. The highest BCUT2D eigenvalue weighted by atomic mass is 32.2. The number of nitrogens with one attached hydrogen (secondary N) is 1. The number of anilines is 1. The Morgan fingerprint density at radius 1 is 1.12 bits per heavy atom. The first-order valence-corrected chi connectivity index (χ1v) is 12.8. The summed E-state index contributed by atoms with van der Waals surface area (Å²) in [4.78, 5) is 39.5. The number of amides is 1. The molecule has 0 bridgehead atoms. The Kier molecular flexibility index (Phi) is 8.20. The van der Waals surface area contributed by atoms with Crippen LogP contribution in [0.3, 0.4) is 0 Å². The first-order chi connectivity index (χ1) is 15.4. The lowest BCUT2D eigenvalue weighted by Gasteiger charge is -2.15. The van der Waals surface area contributed by atoms with Crippen LogP contribution in [0.5, 0.6) is 0 Å². The van der Waals surface area contributed by atoms with Crippen molar-refractivity contribution in [3.63, 3.8) is 0 Å². The van der Waals surface area contributed by atoms with Crippen molar-refractivity contribution in [3.05, 3.63) is 45.8 Å². The smallest absolute Gasteiger partial charge is 0.341 e. The third-order valence-corrected chi connectivity index (χ3v) is 7.73. The second kappa shape index (κ2) is 10.9. The van der Waals surface area contributed by atoms with Crippen molar-refractivity contribution in [3.8, 4) is 0 Å². The summed E-state index contributed by atoms with van der Waals surface area (Å²) in [5, 5.41) is 3.18. The third kappa shape index (κ3) is 5.27. The summed E-state index contributed by atoms with van der Waals surface area (Å²) in [6.07, 6.45) is 2.54. The maximum Gasteiger partial charge on any atom is 0.341 e. The van der Waals surface area contributed by atoms with Crippen molar-refractivity contribution in [2.24, 2.45) is 0 Å². The molecule has 0 unspecified atom stereocenters. The highest BCUT2D eigenvalue weighted by Crippen LogP contribution is 2.38. The average molecular weight is 478 g/mol. The molecule has 1 aliphatic rings. The Balaban J connectivity index is 1.77. The Hall–Kier alpha value is -2.52. The number of esters is 2. The largest absolute Gasteiger partial charge is 0.462 e. The van der Waals surface area contributed by atoms with Crippen molar-refractivity contribution in [2.75, 3.05) is 17.7 Å². The molecule has 172 valence electrons. The van der Waals surface area contributed by atoms with E-state index >= 15 is 0 Å². The minimum Gasteiger partial charge on any atom is -0.462 e. The van der Waals surface area contributed by atoms with Crippen molar-refractivity contribution >= 4 is 45.0 Å². The van der Waals surface area contributed by atoms with E-state index in [0.29, 0.717) is 21.2 Å². The van der Waals surface area contributed by atoms with Gasteiger partial charge >= 0.3 is 11.9 Å². The van der Waals surface area contributed by atoms with Crippen molar-refractivity contribution < 1.29 is 28.1 Å². The molecule has 1 amide bonds. The monoisotopic (exact) mass is 477 g/mol. The predicted octanol–water partition coefficient (Wildman–Crippen LogP) is 4.12. The van der Waals surface area contributed by atoms with Gasteiger partial charge in [0.25, 0.3) is 5.91 Å². The van der Waals surface area contributed by atoms with Crippen LogP contribution in [0.4, 0.5) is 5.00 Å². The molecule has 0 radical (unpaired) electrons. The van der Waals surface area contributed by atoms with Gasteiger partial charge in [-0.15, -0.1) is 11.3 Å². The number of carbonyl (C=O) groups excluding carboxylic acids is 3. The average Bonchev–Trinajstić information content (AvgIpc) is 3.16. The van der Waals surface area contributed by atoms with Crippen LogP contribution in [-0.2, 0) is 37.9 Å². The lowest BCUT2D eigenvalue weighted by Crippen LogP contribution is -2.30. The van der Waals surface area contributed by atoms with E-state index < -0.39 is 34.7 Å². The third-order valence-electron chi connectivity index (χ3n) is 5.16. The molecule has 32 heavy (non-hydrogen) atoms. The molecule has 1 N–H and O–H groups in total. The summed E-state index contributed by atoms with van der Waals surface area (Å²) < 4.78 is 22.8. The lowest BCUT2D eigenvalue weighted by molar-refractivity contribution is -0.123. The number of thiophene rings is 1. The van der Waals surface area contributed by atoms with Crippen molar-refractivity contribution in [1.29, 1.82) is 0 Å². The number of ether oxygens (including phenoxy) is 2. The Bertz CT molecular complexity index is 1050. The highest BCUT2D eigenvalue weighted by molar-refractivity contribution is 7.85. The van der Waals surface area contributed by atoms with E-state index in [-0.39, 0.29) is 12.2 Å². The molecule has 0 saturated heterocycles. The van der Waals surface area contributed by atoms with Gasteiger partial charge in [-0.1, -0.05) is 19.1 Å². The highest BCUT2D eigenvalue weighted by Gasteiger charge is 2.29. The van der Waals surface area contributed by atoms with Crippen LogP contribution >= 0.6 is 11.3 Å². The van der Waals surface area contributed by atoms with Gasteiger partial charge in [0.05, 0.1) is 33.4 Å². The molecule has 0 fully saturated rings. The standard InChI is InChI=1S/C23H27NO6S2/c1-4-29-23(27)19-15-10-6-8-12-17(15)31-21(19)24-20(25)14(3)30-22(26)16-11-7-9-13-18(16)32(28)5-2/h7,9,11,13-14H,4-6,8,10,12H2,1-3H3,(H,24,25)/t14-,32+/m0/s1. The Morgan fingerprint density at radius 2 is 1.84 bits per heavy atom. The molecule has 3 rings (SSSR count). The van der Waals surface area contributed by atoms with Crippen LogP contribution in [0.15, 0.2) is 29.2 Å². The normalized spacial score (nSPS) is 14.7. The summed E-state index contributed by atoms with van der Waals surface area (Å²) >= 11 is 1.37. The van der Waals surface area contributed by atoms with Gasteiger partial charge in [-0.25, -0.2) is 9.59 Å². The van der Waals surface area contributed by atoms with E-state index in [1.807, 2.05) is 0 Å². The number of rotatable bonds is 8. The van der Waals surface area contributed by atoms with E-state index in [4.69, 9.17) is 9.47 Å². The molecule has 0 spiro atoms. The predicted molar refractivity (Wildman–Crippen MR) is 124 cm³/mol. The summed E-state index contributed by atoms with van der Waals surface area (Å²) in [6.45, 7) is 5.20. The minimum absolute atomic E-state index is 0.172. The molecule has 2 atom stereocenters. The topological polar surface area (TPSA) is 98.8 Å². The number of carbonyl (C=O) groups is 3. The molecule has 9 heteroatoms. The second-order valence-electron chi connectivity index (χ2n) is 7.30. The lowest BCUT2D eigenvalue weighted by atomic mass is 9.95. The van der Waals surface area contributed by atoms with Gasteiger partial charge in [-0.05, 0) is 57.2 Å². The zero-order valence-electron chi connectivity index (χ0n) is 18.4. The first kappa shape index (κ1) is 24.1. The van der Waals surface area contributed by atoms with Gasteiger partial charge in [-0.3, -0.25) is 9.00 Å². The van der Waals surface area contributed by atoms with Crippen LogP contribution in [-0.4, -0.2) is 40.5 Å². The SMILES string of the molecule is CCOC(=O)c1c(NC(=O)[C@H](C)OC(=O)c2ccccc2[S@](=O)CC)sc2c1CCCC2. The first-order valence-electron chi connectivity index (χ1n) is 10.7. The molecule has 2 aromatic rings. The van der Waals surface area contributed by atoms with Crippen LogP contribution < -0.4 is 5.32 Å². The quantitative estimate of drug-likeness (QED) is 0.575. The Labute approximate surface area is 194 Å². The van der Waals surface area contributed by atoms with Gasteiger partial charge < -0.3 is 14.8 Å². The Morgan fingerprint density at radius 3 is 2.56 bits per heavy atom. The molecule has 1 aromatic carbocycles. The molecule has 7 nitrogen and oxygen atoms in total. The fraction of sp³-hybridized carbons (Fsp3) is 0.435. The molecule has 0 aliphatic heterocycles. The molecule has 1 aliphatic carbocycles. The fourth-order valence-corrected chi connectivity index (χ4v) is 5.77. The maximum absolute atomic E-state index is 12.8. The van der Waals surface area contributed by atoms with E-state index in [9.17, 15) is 18.6 Å². The van der Waals surface area contributed by atoms with Crippen molar-refractivity contribution in [2.45, 2.75) is 57.5 Å². The number of hydrogen-bond donors (Lipinski definition) is 1. The summed E-state index contributed by atoms with van der Waals surface area (Å²) in [6, 6.07) is 6.50. The van der Waals surface area contributed by atoms with Gasteiger partial charge in [0.2, 0.25) is 0 Å². The summed E-state index contributed by atoms with van der Waals surface area (Å²) in [5.74, 6) is -1.36. The number of hydrogen-bond acceptors (Lipinski definition) is 7. The van der Waals surface area contributed by atoms with E-state index in [2.05, 4.69) is 5.32 Å². The van der Waals surface area contributed by atoms with Gasteiger partial charge in [0.1, 0.15) is 5.00 Å². The maximum atomic E-state index is 12.8. The molecule has 0 saturated carbocycles. The zero-order chi connectivity index (χ0) is 23.3. The molecule has 1 heterocycles. The molecule has 1 aromatic heterocycles. The number of fused-ring (bicyclic) bond motifs is 1. The van der Waals surface area contributed by atoms with Crippen LogP contribution in [0.1, 0.15) is 64.8 Å². The van der Waals surface area contributed by atoms with Crippen LogP contribution in [0, 0.1) is 0 Å². The van der Waals surface area contributed by atoms with Gasteiger partial charge in [0, 0.05) is 10.6 Å².